The average molecular weight is 362 g/mol. The van der Waals surface area contributed by atoms with Gasteiger partial charge in [-0.1, -0.05) is 31.9 Å². The summed E-state index contributed by atoms with van der Waals surface area (Å²) in [6.45, 7) is 0.849. The van der Waals surface area contributed by atoms with Crippen LogP contribution in [0.2, 0.25) is 0 Å². The van der Waals surface area contributed by atoms with Crippen LogP contribution >= 0.6 is 31.9 Å². The molecule has 2 nitrogen and oxygen atoms in total. The molecule has 0 spiro atoms. The van der Waals surface area contributed by atoms with Crippen molar-refractivity contribution in [3.05, 3.63) is 32.7 Å². The van der Waals surface area contributed by atoms with Gasteiger partial charge in [-0.3, -0.25) is 4.79 Å². The zero-order valence-electron chi connectivity index (χ0n) is 9.42. The van der Waals surface area contributed by atoms with Gasteiger partial charge in [0.15, 0.2) is 5.78 Å². The first-order chi connectivity index (χ1) is 8.15. The molecule has 1 aromatic rings. The lowest BCUT2D eigenvalue weighted by Crippen LogP contribution is -2.08. The molecule has 0 amide bonds. The molecule has 1 aromatic carbocycles. The number of benzene rings is 1. The van der Waals surface area contributed by atoms with Gasteiger partial charge in [0.2, 0.25) is 0 Å². The maximum absolute atomic E-state index is 12.0. The molecule has 0 N–H and O–H groups in total. The zero-order chi connectivity index (χ0) is 12.3. The van der Waals surface area contributed by atoms with Crippen LogP contribution in [0.5, 0.6) is 0 Å². The summed E-state index contributed by atoms with van der Waals surface area (Å²) in [5, 5.41) is 0. The van der Waals surface area contributed by atoms with Crippen LogP contribution in [0.1, 0.15) is 36.0 Å². The summed E-state index contributed by atoms with van der Waals surface area (Å²) in [5.41, 5.74) is 0.754. The van der Waals surface area contributed by atoms with E-state index < -0.39 is 0 Å². The van der Waals surface area contributed by atoms with Gasteiger partial charge in [0.1, 0.15) is 0 Å². The molecular weight excluding hydrogens is 348 g/mol. The number of rotatable bonds is 4. The lowest BCUT2D eigenvalue weighted by Gasteiger charge is -2.08. The molecule has 0 radical (unpaired) electrons. The fourth-order valence-electron chi connectivity index (χ4n) is 2.02. The van der Waals surface area contributed by atoms with E-state index in [2.05, 4.69) is 31.9 Å². The van der Waals surface area contributed by atoms with E-state index in [-0.39, 0.29) is 11.9 Å². The quantitative estimate of drug-likeness (QED) is 0.745. The van der Waals surface area contributed by atoms with Crippen LogP contribution in [0.15, 0.2) is 27.1 Å². The summed E-state index contributed by atoms with van der Waals surface area (Å²) < 4.78 is 7.36. The van der Waals surface area contributed by atoms with Crippen LogP contribution in [0.3, 0.4) is 0 Å². The molecule has 1 heterocycles. The monoisotopic (exact) mass is 360 g/mol. The molecule has 1 unspecified atom stereocenters. The van der Waals surface area contributed by atoms with Crippen molar-refractivity contribution in [2.24, 2.45) is 0 Å². The first kappa shape index (κ1) is 13.2. The maximum Gasteiger partial charge on any atom is 0.163 e. The first-order valence-electron chi connectivity index (χ1n) is 5.76. The van der Waals surface area contributed by atoms with Crippen molar-refractivity contribution in [2.75, 3.05) is 6.61 Å². The standard InChI is InChI=1S/C13H14Br2O2/c14-10-6-9(7-11(15)8-10)13(16)4-3-12-2-1-5-17-12/h6-8,12H,1-5H2. The minimum Gasteiger partial charge on any atom is -0.378 e. The number of ether oxygens (including phenoxy) is 1. The highest BCUT2D eigenvalue weighted by Crippen LogP contribution is 2.23. The van der Waals surface area contributed by atoms with Crippen molar-refractivity contribution in [2.45, 2.75) is 31.8 Å². The van der Waals surface area contributed by atoms with Crippen LogP contribution in [0.25, 0.3) is 0 Å². The summed E-state index contributed by atoms with van der Waals surface area (Å²) in [4.78, 5) is 12.0. The third-order valence-electron chi connectivity index (χ3n) is 2.90. The van der Waals surface area contributed by atoms with E-state index in [0.29, 0.717) is 6.42 Å². The van der Waals surface area contributed by atoms with E-state index in [4.69, 9.17) is 4.74 Å². The Hall–Kier alpha value is -0.190. The molecular formula is C13H14Br2O2. The smallest absolute Gasteiger partial charge is 0.163 e. The molecule has 1 aliphatic rings. The minimum absolute atomic E-state index is 0.183. The molecule has 1 atom stereocenters. The summed E-state index contributed by atoms with van der Waals surface area (Å²) >= 11 is 6.78. The number of Topliss-reactive ketones (excluding diaryl/α,β-unsaturated/α-hetero) is 1. The molecule has 17 heavy (non-hydrogen) atoms. The van der Waals surface area contributed by atoms with Crippen LogP contribution in [0, 0.1) is 0 Å². The van der Waals surface area contributed by atoms with Gasteiger partial charge in [0.05, 0.1) is 6.10 Å². The molecule has 0 bridgehead atoms. The molecule has 1 aliphatic heterocycles. The zero-order valence-corrected chi connectivity index (χ0v) is 12.6. The van der Waals surface area contributed by atoms with Crippen LogP contribution in [0.4, 0.5) is 0 Å². The van der Waals surface area contributed by atoms with Gasteiger partial charge in [-0.05, 0) is 37.5 Å². The highest BCUT2D eigenvalue weighted by atomic mass is 79.9. The number of ketones is 1. The summed E-state index contributed by atoms with van der Waals surface area (Å²) in [6, 6.07) is 5.65. The summed E-state index contributed by atoms with van der Waals surface area (Å²) in [5.74, 6) is 0.183. The second-order valence-electron chi connectivity index (χ2n) is 4.26. The van der Waals surface area contributed by atoms with E-state index in [0.717, 1.165) is 40.4 Å². The fraction of sp³-hybridized carbons (Fsp3) is 0.462. The Morgan fingerprint density at radius 1 is 1.29 bits per heavy atom. The first-order valence-corrected chi connectivity index (χ1v) is 7.34. The van der Waals surface area contributed by atoms with E-state index in [1.807, 2.05) is 18.2 Å². The van der Waals surface area contributed by atoms with Gasteiger partial charge in [-0.25, -0.2) is 0 Å². The third kappa shape index (κ3) is 3.90. The van der Waals surface area contributed by atoms with Gasteiger partial charge < -0.3 is 4.74 Å². The van der Waals surface area contributed by atoms with E-state index in [1.54, 1.807) is 0 Å². The SMILES string of the molecule is O=C(CCC1CCCO1)c1cc(Br)cc(Br)c1. The van der Waals surface area contributed by atoms with Gasteiger partial charge in [-0.2, -0.15) is 0 Å². The van der Waals surface area contributed by atoms with Crippen molar-refractivity contribution in [1.29, 1.82) is 0 Å². The largest absolute Gasteiger partial charge is 0.378 e. The Morgan fingerprint density at radius 3 is 2.59 bits per heavy atom. The summed E-state index contributed by atoms with van der Waals surface area (Å²) in [6.07, 6.45) is 3.90. The Morgan fingerprint density at radius 2 is 2.00 bits per heavy atom. The molecule has 0 aliphatic carbocycles. The van der Waals surface area contributed by atoms with Crippen molar-refractivity contribution >= 4 is 37.6 Å². The van der Waals surface area contributed by atoms with E-state index in [1.165, 1.54) is 0 Å². The van der Waals surface area contributed by atoms with E-state index in [9.17, 15) is 4.79 Å². The second-order valence-corrected chi connectivity index (χ2v) is 6.09. The molecule has 0 saturated carbocycles. The van der Waals surface area contributed by atoms with Crippen LogP contribution in [-0.4, -0.2) is 18.5 Å². The maximum atomic E-state index is 12.0. The third-order valence-corrected chi connectivity index (χ3v) is 3.82. The fourth-order valence-corrected chi connectivity index (χ4v) is 3.32. The second kappa shape index (κ2) is 6.12. The highest BCUT2D eigenvalue weighted by Gasteiger charge is 2.17. The predicted octanol–water partition coefficient (Wildman–Crippen LogP) is 4.35. The van der Waals surface area contributed by atoms with Gasteiger partial charge in [-0.15, -0.1) is 0 Å². The molecule has 0 aromatic heterocycles. The van der Waals surface area contributed by atoms with Gasteiger partial charge >= 0.3 is 0 Å². The van der Waals surface area contributed by atoms with Gasteiger partial charge in [0, 0.05) is 27.5 Å². The lowest BCUT2D eigenvalue weighted by atomic mass is 10.0. The van der Waals surface area contributed by atoms with Crippen molar-refractivity contribution < 1.29 is 9.53 Å². The molecule has 4 heteroatoms. The van der Waals surface area contributed by atoms with Crippen molar-refractivity contribution in [3.63, 3.8) is 0 Å². The van der Waals surface area contributed by atoms with E-state index >= 15 is 0 Å². The molecule has 2 rings (SSSR count). The van der Waals surface area contributed by atoms with Crippen molar-refractivity contribution in [3.8, 4) is 0 Å². The molecule has 1 saturated heterocycles. The Kier molecular flexibility index (Phi) is 4.77. The number of hydrogen-bond acceptors (Lipinski definition) is 2. The van der Waals surface area contributed by atoms with Crippen LogP contribution < -0.4 is 0 Å². The Balaban J connectivity index is 1.94. The lowest BCUT2D eigenvalue weighted by molar-refractivity contribution is 0.0859. The Bertz CT molecular complexity index is 392. The number of hydrogen-bond donors (Lipinski definition) is 0. The Labute approximate surface area is 118 Å². The molecule has 92 valence electrons. The predicted molar refractivity (Wildman–Crippen MR) is 74.4 cm³/mol. The number of carbonyl (C=O) groups excluding carboxylic acids is 1. The minimum atomic E-state index is 0.183. The van der Waals surface area contributed by atoms with Gasteiger partial charge in [0.25, 0.3) is 0 Å². The van der Waals surface area contributed by atoms with Crippen LogP contribution in [-0.2, 0) is 4.74 Å². The number of carbonyl (C=O) groups is 1. The molecule has 1 fully saturated rings. The average Bonchev–Trinajstić information content (AvgIpc) is 2.77. The summed E-state index contributed by atoms with van der Waals surface area (Å²) in [7, 11) is 0. The number of halogens is 2. The topological polar surface area (TPSA) is 26.3 Å². The highest BCUT2D eigenvalue weighted by molar-refractivity contribution is 9.11. The van der Waals surface area contributed by atoms with Crippen molar-refractivity contribution in [1.82, 2.24) is 0 Å². The normalized spacial score (nSPS) is 19.5.